The van der Waals surface area contributed by atoms with Crippen molar-refractivity contribution in [1.82, 2.24) is 4.98 Å². The first-order valence-electron chi connectivity index (χ1n) is 6.24. The van der Waals surface area contributed by atoms with E-state index in [1.54, 1.807) is 0 Å². The Bertz CT molecular complexity index is 293. The fraction of sp³-hybridized carbons (Fsp3) is 0.643. The van der Waals surface area contributed by atoms with Gasteiger partial charge in [0.1, 0.15) is 0 Å². The summed E-state index contributed by atoms with van der Waals surface area (Å²) in [5, 5.41) is 0. The van der Waals surface area contributed by atoms with E-state index >= 15 is 0 Å². The lowest BCUT2D eigenvalue weighted by Gasteiger charge is -2.28. The summed E-state index contributed by atoms with van der Waals surface area (Å²) < 4.78 is 0. The van der Waals surface area contributed by atoms with Crippen molar-refractivity contribution in [3.63, 3.8) is 0 Å². The summed E-state index contributed by atoms with van der Waals surface area (Å²) in [6, 6.07) is 4.29. The molecule has 1 heterocycles. The Morgan fingerprint density at radius 1 is 1.33 bits per heavy atom. The standard InChI is InChI=1S/C12H17N.C2H6/c1-3-10-8-11-5-4-6-13-12(11)7-9(10)2;1-2/h4-6,9-10H,3,7-8H2,1-2H3;1-2H3. The quantitative estimate of drug-likeness (QED) is 0.678. The summed E-state index contributed by atoms with van der Waals surface area (Å²) in [6.45, 7) is 8.65. The van der Waals surface area contributed by atoms with Gasteiger partial charge < -0.3 is 0 Å². The van der Waals surface area contributed by atoms with Gasteiger partial charge in [-0.1, -0.05) is 40.2 Å². The van der Waals surface area contributed by atoms with E-state index in [4.69, 9.17) is 0 Å². The van der Waals surface area contributed by atoms with Gasteiger partial charge >= 0.3 is 0 Å². The molecule has 0 aliphatic heterocycles. The molecule has 0 N–H and O–H groups in total. The molecule has 0 saturated carbocycles. The summed E-state index contributed by atoms with van der Waals surface area (Å²) >= 11 is 0. The lowest BCUT2D eigenvalue weighted by molar-refractivity contribution is 0.319. The van der Waals surface area contributed by atoms with E-state index in [0.29, 0.717) is 0 Å². The van der Waals surface area contributed by atoms with Crippen LogP contribution in [0.4, 0.5) is 0 Å². The van der Waals surface area contributed by atoms with Crippen molar-refractivity contribution in [2.24, 2.45) is 11.8 Å². The number of pyridine rings is 1. The molecule has 0 aromatic carbocycles. The average molecular weight is 205 g/mol. The molecule has 0 amide bonds. The maximum atomic E-state index is 4.44. The molecule has 1 aromatic rings. The number of fused-ring (bicyclic) bond motifs is 1. The Morgan fingerprint density at radius 3 is 2.73 bits per heavy atom. The van der Waals surface area contributed by atoms with Crippen LogP contribution in [0.25, 0.3) is 0 Å². The minimum absolute atomic E-state index is 0.812. The van der Waals surface area contributed by atoms with Gasteiger partial charge in [-0.25, -0.2) is 0 Å². The lowest BCUT2D eigenvalue weighted by Crippen LogP contribution is -2.23. The summed E-state index contributed by atoms with van der Waals surface area (Å²) in [5.41, 5.74) is 2.81. The van der Waals surface area contributed by atoms with E-state index in [-0.39, 0.29) is 0 Å². The zero-order valence-electron chi connectivity index (χ0n) is 10.5. The first-order chi connectivity index (χ1) is 7.31. The second-order valence-corrected chi connectivity index (χ2v) is 4.16. The predicted octanol–water partition coefficient (Wildman–Crippen LogP) is 3.87. The SMILES string of the molecule is CC.CCC1Cc2cccnc2CC1C. The summed E-state index contributed by atoms with van der Waals surface area (Å²) in [6.07, 6.45) is 5.63. The van der Waals surface area contributed by atoms with Crippen molar-refractivity contribution < 1.29 is 0 Å². The second-order valence-electron chi connectivity index (χ2n) is 4.16. The Balaban J connectivity index is 0.000000531. The van der Waals surface area contributed by atoms with Gasteiger partial charge in [0.2, 0.25) is 0 Å². The Labute approximate surface area is 93.9 Å². The van der Waals surface area contributed by atoms with Gasteiger partial charge in [0.25, 0.3) is 0 Å². The fourth-order valence-electron chi connectivity index (χ4n) is 2.34. The maximum Gasteiger partial charge on any atom is 0.0438 e. The van der Waals surface area contributed by atoms with E-state index < -0.39 is 0 Å². The van der Waals surface area contributed by atoms with E-state index in [1.807, 2.05) is 20.0 Å². The molecule has 2 atom stereocenters. The second kappa shape index (κ2) is 5.89. The number of nitrogens with zero attached hydrogens (tertiary/aromatic N) is 1. The molecule has 0 radical (unpaired) electrons. The van der Waals surface area contributed by atoms with Gasteiger partial charge in [-0.2, -0.15) is 0 Å². The zero-order valence-corrected chi connectivity index (χ0v) is 10.5. The molecule has 84 valence electrons. The predicted molar refractivity (Wildman–Crippen MR) is 65.9 cm³/mol. The van der Waals surface area contributed by atoms with Crippen LogP contribution in [-0.4, -0.2) is 4.98 Å². The monoisotopic (exact) mass is 205 g/mol. The minimum atomic E-state index is 0.812. The summed E-state index contributed by atoms with van der Waals surface area (Å²) in [4.78, 5) is 4.44. The molecule has 1 nitrogen and oxygen atoms in total. The third-order valence-corrected chi connectivity index (χ3v) is 3.31. The van der Waals surface area contributed by atoms with E-state index in [9.17, 15) is 0 Å². The van der Waals surface area contributed by atoms with Crippen LogP contribution in [0, 0.1) is 11.8 Å². The zero-order chi connectivity index (χ0) is 11.3. The van der Waals surface area contributed by atoms with Gasteiger partial charge in [-0.15, -0.1) is 0 Å². The van der Waals surface area contributed by atoms with Gasteiger partial charge in [0.15, 0.2) is 0 Å². The molecule has 1 aromatic heterocycles. The third-order valence-electron chi connectivity index (χ3n) is 3.31. The van der Waals surface area contributed by atoms with Crippen LogP contribution >= 0.6 is 0 Å². The van der Waals surface area contributed by atoms with Crippen LogP contribution < -0.4 is 0 Å². The van der Waals surface area contributed by atoms with Crippen LogP contribution in [0.2, 0.25) is 0 Å². The normalized spacial score (nSPS) is 23.7. The fourth-order valence-corrected chi connectivity index (χ4v) is 2.34. The Hall–Kier alpha value is -0.850. The molecule has 2 rings (SSSR count). The van der Waals surface area contributed by atoms with Gasteiger partial charge in [0, 0.05) is 11.9 Å². The molecule has 2 unspecified atom stereocenters. The van der Waals surface area contributed by atoms with E-state index in [1.165, 1.54) is 30.5 Å². The highest BCUT2D eigenvalue weighted by molar-refractivity contribution is 5.23. The molecule has 0 spiro atoms. The van der Waals surface area contributed by atoms with Crippen molar-refractivity contribution in [2.75, 3.05) is 0 Å². The molecule has 0 fully saturated rings. The topological polar surface area (TPSA) is 12.9 Å². The van der Waals surface area contributed by atoms with Crippen molar-refractivity contribution in [3.05, 3.63) is 29.6 Å². The molecular weight excluding hydrogens is 182 g/mol. The van der Waals surface area contributed by atoms with Crippen LogP contribution in [0.3, 0.4) is 0 Å². The van der Waals surface area contributed by atoms with Crippen LogP contribution in [0.15, 0.2) is 18.3 Å². The molecule has 1 aliphatic carbocycles. The largest absolute Gasteiger partial charge is 0.261 e. The average Bonchev–Trinajstić information content (AvgIpc) is 2.31. The molecule has 0 saturated heterocycles. The summed E-state index contributed by atoms with van der Waals surface area (Å²) in [5.74, 6) is 1.68. The van der Waals surface area contributed by atoms with Crippen LogP contribution in [0.5, 0.6) is 0 Å². The van der Waals surface area contributed by atoms with E-state index in [0.717, 1.165) is 11.8 Å². The highest BCUT2D eigenvalue weighted by atomic mass is 14.7. The van der Waals surface area contributed by atoms with Gasteiger partial charge in [-0.05, 0) is 36.3 Å². The molecule has 1 heteroatoms. The van der Waals surface area contributed by atoms with E-state index in [2.05, 4.69) is 31.0 Å². The van der Waals surface area contributed by atoms with Crippen molar-refractivity contribution in [3.8, 4) is 0 Å². The molecule has 1 aliphatic rings. The number of hydrogen-bond donors (Lipinski definition) is 0. The number of rotatable bonds is 1. The number of aromatic nitrogens is 1. The van der Waals surface area contributed by atoms with Crippen molar-refractivity contribution >= 4 is 0 Å². The molecular formula is C14H23N. The molecule has 15 heavy (non-hydrogen) atoms. The maximum absolute atomic E-state index is 4.44. The van der Waals surface area contributed by atoms with Crippen molar-refractivity contribution in [2.45, 2.75) is 47.0 Å². The first-order valence-corrected chi connectivity index (χ1v) is 6.24. The summed E-state index contributed by atoms with van der Waals surface area (Å²) in [7, 11) is 0. The highest BCUT2D eigenvalue weighted by Crippen LogP contribution is 2.30. The van der Waals surface area contributed by atoms with Gasteiger partial charge in [0.05, 0.1) is 0 Å². The third kappa shape index (κ3) is 2.80. The van der Waals surface area contributed by atoms with Crippen molar-refractivity contribution in [1.29, 1.82) is 0 Å². The Morgan fingerprint density at radius 2 is 2.07 bits per heavy atom. The van der Waals surface area contributed by atoms with Crippen LogP contribution in [0.1, 0.15) is 45.4 Å². The molecule has 0 bridgehead atoms. The smallest absolute Gasteiger partial charge is 0.0438 e. The van der Waals surface area contributed by atoms with Gasteiger partial charge in [-0.3, -0.25) is 4.98 Å². The Kier molecular flexibility index (Phi) is 4.80. The number of hydrogen-bond acceptors (Lipinski definition) is 1. The first kappa shape index (κ1) is 12.2. The highest BCUT2D eigenvalue weighted by Gasteiger charge is 2.23. The lowest BCUT2D eigenvalue weighted by atomic mass is 9.77. The minimum Gasteiger partial charge on any atom is -0.261 e. The van der Waals surface area contributed by atoms with Crippen LogP contribution in [-0.2, 0) is 12.8 Å².